The average molecular weight is 297 g/mol. The van der Waals surface area contributed by atoms with Crippen LogP contribution in [-0.2, 0) is 11.3 Å². The molecule has 0 atom stereocenters. The van der Waals surface area contributed by atoms with Crippen molar-refractivity contribution in [2.45, 2.75) is 6.54 Å². The SMILES string of the molecule is O=C(NCc1cccnc1)c1ccc(N2CCOC2=O)cc1. The summed E-state index contributed by atoms with van der Waals surface area (Å²) in [6.45, 7) is 1.35. The fourth-order valence-electron chi connectivity index (χ4n) is 2.21. The van der Waals surface area contributed by atoms with Gasteiger partial charge in [-0.3, -0.25) is 14.7 Å². The summed E-state index contributed by atoms with van der Waals surface area (Å²) in [5.74, 6) is -0.167. The Balaban J connectivity index is 1.62. The monoisotopic (exact) mass is 297 g/mol. The number of amides is 2. The van der Waals surface area contributed by atoms with Crippen molar-refractivity contribution < 1.29 is 14.3 Å². The standard InChI is InChI=1S/C16H15N3O3/c20-15(18-11-12-2-1-7-17-10-12)13-3-5-14(6-4-13)19-8-9-22-16(19)21/h1-7,10H,8-9,11H2,(H,18,20). The molecule has 22 heavy (non-hydrogen) atoms. The Morgan fingerprint density at radius 1 is 1.27 bits per heavy atom. The number of aromatic nitrogens is 1. The van der Waals surface area contributed by atoms with E-state index in [0.29, 0.717) is 25.3 Å². The second kappa shape index (κ2) is 6.26. The third-order valence-corrected chi connectivity index (χ3v) is 3.38. The predicted octanol–water partition coefficient (Wildman–Crippen LogP) is 1.97. The summed E-state index contributed by atoms with van der Waals surface area (Å²) in [5, 5.41) is 2.83. The molecule has 6 heteroatoms. The first-order chi connectivity index (χ1) is 10.7. The molecule has 0 spiro atoms. The molecule has 1 N–H and O–H groups in total. The van der Waals surface area contributed by atoms with Crippen molar-refractivity contribution in [2.24, 2.45) is 0 Å². The third-order valence-electron chi connectivity index (χ3n) is 3.38. The first-order valence-electron chi connectivity index (χ1n) is 6.95. The Labute approximate surface area is 127 Å². The van der Waals surface area contributed by atoms with Gasteiger partial charge in [-0.25, -0.2) is 4.79 Å². The molecule has 0 bridgehead atoms. The first-order valence-corrected chi connectivity index (χ1v) is 6.95. The smallest absolute Gasteiger partial charge is 0.414 e. The third kappa shape index (κ3) is 3.06. The predicted molar refractivity (Wildman–Crippen MR) is 80.5 cm³/mol. The van der Waals surface area contributed by atoms with Gasteiger partial charge in [0.15, 0.2) is 0 Å². The van der Waals surface area contributed by atoms with E-state index in [9.17, 15) is 9.59 Å². The number of pyridine rings is 1. The van der Waals surface area contributed by atoms with Crippen LogP contribution >= 0.6 is 0 Å². The lowest BCUT2D eigenvalue weighted by molar-refractivity contribution is 0.0951. The molecule has 0 aliphatic carbocycles. The van der Waals surface area contributed by atoms with E-state index in [4.69, 9.17) is 4.74 Å². The van der Waals surface area contributed by atoms with Crippen molar-refractivity contribution in [3.63, 3.8) is 0 Å². The molecule has 1 fully saturated rings. The number of hydrogen-bond donors (Lipinski definition) is 1. The van der Waals surface area contributed by atoms with Crippen LogP contribution in [0.2, 0.25) is 0 Å². The average Bonchev–Trinajstić information content (AvgIpc) is 3.00. The molecule has 0 saturated carbocycles. The second-order valence-corrected chi connectivity index (χ2v) is 4.86. The minimum Gasteiger partial charge on any atom is -0.447 e. The Bertz CT molecular complexity index is 671. The molecule has 6 nitrogen and oxygen atoms in total. The van der Waals surface area contributed by atoms with Crippen molar-refractivity contribution in [1.82, 2.24) is 10.3 Å². The minimum absolute atomic E-state index is 0.167. The van der Waals surface area contributed by atoms with Gasteiger partial charge in [-0.15, -0.1) is 0 Å². The maximum atomic E-state index is 12.1. The lowest BCUT2D eigenvalue weighted by Crippen LogP contribution is -2.24. The number of nitrogens with one attached hydrogen (secondary N) is 1. The molecule has 0 radical (unpaired) electrons. The molecule has 1 aromatic carbocycles. The largest absolute Gasteiger partial charge is 0.447 e. The second-order valence-electron chi connectivity index (χ2n) is 4.86. The van der Waals surface area contributed by atoms with Crippen molar-refractivity contribution in [3.8, 4) is 0 Å². The number of ether oxygens (including phenoxy) is 1. The van der Waals surface area contributed by atoms with Gasteiger partial charge in [0, 0.05) is 30.2 Å². The van der Waals surface area contributed by atoms with Crippen LogP contribution in [0.3, 0.4) is 0 Å². The summed E-state index contributed by atoms with van der Waals surface area (Å²) in [6.07, 6.45) is 3.05. The van der Waals surface area contributed by atoms with Gasteiger partial charge in [0.25, 0.3) is 5.91 Å². The number of hydrogen-bond acceptors (Lipinski definition) is 4. The number of benzene rings is 1. The van der Waals surface area contributed by atoms with E-state index in [0.717, 1.165) is 11.3 Å². The van der Waals surface area contributed by atoms with Gasteiger partial charge in [0.1, 0.15) is 6.61 Å². The van der Waals surface area contributed by atoms with Crippen LogP contribution < -0.4 is 10.2 Å². The highest BCUT2D eigenvalue weighted by atomic mass is 16.6. The highest BCUT2D eigenvalue weighted by molar-refractivity contribution is 5.95. The Morgan fingerprint density at radius 2 is 2.09 bits per heavy atom. The van der Waals surface area contributed by atoms with Gasteiger partial charge >= 0.3 is 6.09 Å². The number of carbonyl (C=O) groups excluding carboxylic acids is 2. The normalized spacial score (nSPS) is 13.8. The molecule has 2 amide bonds. The van der Waals surface area contributed by atoms with Gasteiger partial charge in [0.05, 0.1) is 6.54 Å². The van der Waals surface area contributed by atoms with E-state index in [1.807, 2.05) is 12.1 Å². The summed E-state index contributed by atoms with van der Waals surface area (Å²) in [5.41, 5.74) is 2.21. The van der Waals surface area contributed by atoms with Crippen molar-refractivity contribution in [1.29, 1.82) is 0 Å². The van der Waals surface area contributed by atoms with Gasteiger partial charge in [-0.2, -0.15) is 0 Å². The molecule has 2 heterocycles. The molecule has 0 unspecified atom stereocenters. The van der Waals surface area contributed by atoms with Crippen molar-refractivity contribution >= 4 is 17.7 Å². The zero-order valence-electron chi connectivity index (χ0n) is 11.9. The Kier molecular flexibility index (Phi) is 4.00. The summed E-state index contributed by atoms with van der Waals surface area (Å²) < 4.78 is 4.89. The lowest BCUT2D eigenvalue weighted by atomic mass is 10.2. The number of cyclic esters (lactones) is 1. The Morgan fingerprint density at radius 3 is 2.73 bits per heavy atom. The van der Waals surface area contributed by atoms with Crippen LogP contribution in [0, 0.1) is 0 Å². The van der Waals surface area contributed by atoms with Gasteiger partial charge < -0.3 is 10.1 Å². The van der Waals surface area contributed by atoms with Crippen LogP contribution in [-0.4, -0.2) is 30.1 Å². The van der Waals surface area contributed by atoms with Gasteiger partial charge in [-0.1, -0.05) is 6.07 Å². The van der Waals surface area contributed by atoms with Crippen LogP contribution in [0.1, 0.15) is 15.9 Å². The molecule has 1 aliphatic rings. The summed E-state index contributed by atoms with van der Waals surface area (Å²) >= 11 is 0. The zero-order valence-corrected chi connectivity index (χ0v) is 11.9. The maximum absolute atomic E-state index is 12.1. The molecule has 2 aromatic rings. The number of nitrogens with zero attached hydrogens (tertiary/aromatic N) is 2. The highest BCUT2D eigenvalue weighted by Gasteiger charge is 2.23. The lowest BCUT2D eigenvalue weighted by Gasteiger charge is -2.13. The van der Waals surface area contributed by atoms with E-state index in [2.05, 4.69) is 10.3 Å². The minimum atomic E-state index is -0.353. The maximum Gasteiger partial charge on any atom is 0.414 e. The zero-order chi connectivity index (χ0) is 15.4. The molecule has 1 saturated heterocycles. The number of carbonyl (C=O) groups is 2. The van der Waals surface area contributed by atoms with Gasteiger partial charge in [-0.05, 0) is 35.9 Å². The van der Waals surface area contributed by atoms with E-state index in [1.165, 1.54) is 4.90 Å². The molecule has 1 aromatic heterocycles. The molecule has 1 aliphatic heterocycles. The molecular weight excluding hydrogens is 282 g/mol. The number of anilines is 1. The fourth-order valence-corrected chi connectivity index (χ4v) is 2.21. The topological polar surface area (TPSA) is 71.5 Å². The highest BCUT2D eigenvalue weighted by Crippen LogP contribution is 2.19. The molecular formula is C16H15N3O3. The Hall–Kier alpha value is -2.89. The quantitative estimate of drug-likeness (QED) is 0.936. The van der Waals surface area contributed by atoms with Gasteiger partial charge in [0.2, 0.25) is 0 Å². The van der Waals surface area contributed by atoms with Crippen LogP contribution in [0.15, 0.2) is 48.8 Å². The molecule has 112 valence electrons. The van der Waals surface area contributed by atoms with Crippen molar-refractivity contribution in [2.75, 3.05) is 18.1 Å². The van der Waals surface area contributed by atoms with E-state index >= 15 is 0 Å². The van der Waals surface area contributed by atoms with E-state index < -0.39 is 0 Å². The molecule has 3 rings (SSSR count). The van der Waals surface area contributed by atoms with Crippen LogP contribution in [0.4, 0.5) is 10.5 Å². The van der Waals surface area contributed by atoms with Crippen LogP contribution in [0.5, 0.6) is 0 Å². The summed E-state index contributed by atoms with van der Waals surface area (Å²) in [7, 11) is 0. The van der Waals surface area contributed by atoms with E-state index in [1.54, 1.807) is 36.7 Å². The van der Waals surface area contributed by atoms with Crippen LogP contribution in [0.25, 0.3) is 0 Å². The van der Waals surface area contributed by atoms with Crippen molar-refractivity contribution in [3.05, 3.63) is 59.9 Å². The number of rotatable bonds is 4. The first kappa shape index (κ1) is 14.1. The van der Waals surface area contributed by atoms with E-state index in [-0.39, 0.29) is 12.0 Å². The fraction of sp³-hybridized carbons (Fsp3) is 0.188. The summed E-state index contributed by atoms with van der Waals surface area (Å²) in [6, 6.07) is 10.6. The summed E-state index contributed by atoms with van der Waals surface area (Å²) in [4.78, 5) is 29.1.